The maximum atomic E-state index is 12.8. The fourth-order valence-electron chi connectivity index (χ4n) is 3.55. The molecule has 0 bridgehead atoms. The van der Waals surface area contributed by atoms with Gasteiger partial charge in [0.15, 0.2) is 6.61 Å². The highest BCUT2D eigenvalue weighted by molar-refractivity contribution is 7.89. The fourth-order valence-corrected chi connectivity index (χ4v) is 4.50. The maximum absolute atomic E-state index is 12.8. The van der Waals surface area contributed by atoms with E-state index in [0.29, 0.717) is 18.7 Å². The number of amides is 1. The highest BCUT2D eigenvalue weighted by atomic mass is 32.2. The van der Waals surface area contributed by atoms with Crippen LogP contribution >= 0.6 is 0 Å². The van der Waals surface area contributed by atoms with Crippen LogP contribution in [-0.4, -0.2) is 45.9 Å². The van der Waals surface area contributed by atoms with Gasteiger partial charge in [-0.05, 0) is 41.6 Å². The highest BCUT2D eigenvalue weighted by Gasteiger charge is 2.27. The number of sulfonamides is 1. The summed E-state index contributed by atoms with van der Waals surface area (Å²) in [6, 6.07) is 18.5. The standard InChI is InChI=1S/C22H22N2O4S/c1-23(2)29(26,27)18-10-11-20-17(14-18)12-13-24(20)22(25)15-28-21-9-5-7-16-6-3-4-8-19(16)21/h3-11,14H,12-13,15H2,1-2H3. The number of rotatable bonds is 5. The average Bonchev–Trinajstić information content (AvgIpc) is 3.15. The molecule has 7 heteroatoms. The molecule has 4 rings (SSSR count). The monoisotopic (exact) mass is 410 g/mol. The van der Waals surface area contributed by atoms with Gasteiger partial charge in [-0.3, -0.25) is 4.79 Å². The zero-order valence-electron chi connectivity index (χ0n) is 16.3. The number of nitrogens with zero attached hydrogens (tertiary/aromatic N) is 2. The number of anilines is 1. The van der Waals surface area contributed by atoms with Crippen molar-refractivity contribution >= 4 is 32.4 Å². The van der Waals surface area contributed by atoms with Crippen molar-refractivity contribution in [1.82, 2.24) is 4.31 Å². The minimum atomic E-state index is -3.50. The van der Waals surface area contributed by atoms with Gasteiger partial charge in [-0.15, -0.1) is 0 Å². The summed E-state index contributed by atoms with van der Waals surface area (Å²) in [5, 5.41) is 2.02. The molecule has 0 saturated heterocycles. The van der Waals surface area contributed by atoms with E-state index in [4.69, 9.17) is 4.74 Å². The predicted molar refractivity (Wildman–Crippen MR) is 113 cm³/mol. The van der Waals surface area contributed by atoms with Crippen molar-refractivity contribution in [2.75, 3.05) is 32.1 Å². The SMILES string of the molecule is CN(C)S(=O)(=O)c1ccc2c(c1)CCN2C(=O)COc1cccc2ccccc12. The third-order valence-electron chi connectivity index (χ3n) is 5.13. The number of carbonyl (C=O) groups is 1. The zero-order chi connectivity index (χ0) is 20.6. The molecule has 150 valence electrons. The predicted octanol–water partition coefficient (Wildman–Crippen LogP) is 3.06. The van der Waals surface area contributed by atoms with Crippen LogP contribution in [0, 0.1) is 0 Å². The van der Waals surface area contributed by atoms with Gasteiger partial charge < -0.3 is 9.64 Å². The Morgan fingerprint density at radius 1 is 1.07 bits per heavy atom. The molecule has 3 aromatic rings. The van der Waals surface area contributed by atoms with Gasteiger partial charge in [-0.2, -0.15) is 0 Å². The Balaban J connectivity index is 1.52. The van der Waals surface area contributed by atoms with Gasteiger partial charge in [0.05, 0.1) is 4.90 Å². The summed E-state index contributed by atoms with van der Waals surface area (Å²) in [4.78, 5) is 14.7. The van der Waals surface area contributed by atoms with Crippen LogP contribution < -0.4 is 9.64 Å². The molecule has 29 heavy (non-hydrogen) atoms. The van der Waals surface area contributed by atoms with Gasteiger partial charge in [-0.1, -0.05) is 36.4 Å². The molecule has 0 radical (unpaired) electrons. The molecule has 1 heterocycles. The summed E-state index contributed by atoms with van der Waals surface area (Å²) >= 11 is 0. The third kappa shape index (κ3) is 3.59. The lowest BCUT2D eigenvalue weighted by molar-refractivity contribution is -0.120. The number of carbonyl (C=O) groups excluding carboxylic acids is 1. The molecule has 0 atom stereocenters. The summed E-state index contributed by atoms with van der Waals surface area (Å²) in [6.45, 7) is 0.434. The molecule has 1 aliphatic heterocycles. The number of ether oxygens (including phenoxy) is 1. The maximum Gasteiger partial charge on any atom is 0.264 e. The Kier molecular flexibility index (Phi) is 5.02. The Hall–Kier alpha value is -2.90. The van der Waals surface area contributed by atoms with Crippen LogP contribution in [0.4, 0.5) is 5.69 Å². The lowest BCUT2D eigenvalue weighted by Gasteiger charge is -2.19. The second-order valence-corrected chi connectivity index (χ2v) is 9.29. The minimum Gasteiger partial charge on any atom is -0.483 e. The summed E-state index contributed by atoms with van der Waals surface area (Å²) in [5.74, 6) is 0.517. The van der Waals surface area contributed by atoms with Crippen molar-refractivity contribution in [3.63, 3.8) is 0 Å². The van der Waals surface area contributed by atoms with Crippen molar-refractivity contribution in [3.8, 4) is 5.75 Å². The lowest BCUT2D eigenvalue weighted by atomic mass is 10.1. The van der Waals surface area contributed by atoms with Crippen molar-refractivity contribution in [3.05, 3.63) is 66.2 Å². The van der Waals surface area contributed by atoms with Gasteiger partial charge in [0.2, 0.25) is 10.0 Å². The number of fused-ring (bicyclic) bond motifs is 2. The average molecular weight is 410 g/mol. The van der Waals surface area contributed by atoms with E-state index in [0.717, 1.165) is 22.0 Å². The Labute approximate surface area is 170 Å². The third-order valence-corrected chi connectivity index (χ3v) is 6.94. The molecule has 0 fully saturated rings. The van der Waals surface area contributed by atoms with Crippen molar-refractivity contribution in [1.29, 1.82) is 0 Å². The van der Waals surface area contributed by atoms with E-state index in [-0.39, 0.29) is 17.4 Å². The molecular weight excluding hydrogens is 388 g/mol. The number of hydrogen-bond acceptors (Lipinski definition) is 4. The van der Waals surface area contributed by atoms with Gasteiger partial charge in [-0.25, -0.2) is 12.7 Å². The summed E-state index contributed by atoms with van der Waals surface area (Å²) in [5.41, 5.74) is 1.60. The molecule has 1 amide bonds. The van der Waals surface area contributed by atoms with Gasteiger partial charge in [0.1, 0.15) is 5.75 Å². The molecule has 0 unspecified atom stereocenters. The molecule has 0 saturated carbocycles. The topological polar surface area (TPSA) is 66.9 Å². The van der Waals surface area contributed by atoms with E-state index in [1.54, 1.807) is 23.1 Å². The van der Waals surface area contributed by atoms with Crippen LogP contribution in [0.5, 0.6) is 5.75 Å². The summed E-state index contributed by atoms with van der Waals surface area (Å²) < 4.78 is 31.7. The van der Waals surface area contributed by atoms with Gasteiger partial charge >= 0.3 is 0 Å². The molecule has 1 aliphatic rings. The highest BCUT2D eigenvalue weighted by Crippen LogP contribution is 2.31. The fraction of sp³-hybridized carbons (Fsp3) is 0.227. The molecule has 0 aliphatic carbocycles. The van der Waals surface area contributed by atoms with Crippen LogP contribution in [0.1, 0.15) is 5.56 Å². The van der Waals surface area contributed by atoms with Crippen LogP contribution in [0.15, 0.2) is 65.6 Å². The second kappa shape index (κ2) is 7.50. The van der Waals surface area contributed by atoms with E-state index in [1.807, 2.05) is 42.5 Å². The first kappa shape index (κ1) is 19.4. The van der Waals surface area contributed by atoms with Crippen LogP contribution in [0.25, 0.3) is 10.8 Å². The Morgan fingerprint density at radius 2 is 1.83 bits per heavy atom. The zero-order valence-corrected chi connectivity index (χ0v) is 17.1. The quantitative estimate of drug-likeness (QED) is 0.648. The molecule has 0 N–H and O–H groups in total. The molecule has 0 aromatic heterocycles. The Bertz CT molecular complexity index is 1180. The normalized spacial score (nSPS) is 13.7. The van der Waals surface area contributed by atoms with Gasteiger partial charge in [0.25, 0.3) is 5.91 Å². The largest absolute Gasteiger partial charge is 0.483 e. The molecule has 3 aromatic carbocycles. The van der Waals surface area contributed by atoms with E-state index in [2.05, 4.69) is 0 Å². The number of hydrogen-bond donors (Lipinski definition) is 0. The van der Waals surface area contributed by atoms with E-state index >= 15 is 0 Å². The summed E-state index contributed by atoms with van der Waals surface area (Å²) in [7, 11) is -0.492. The second-order valence-electron chi connectivity index (χ2n) is 7.14. The smallest absolute Gasteiger partial charge is 0.264 e. The lowest BCUT2D eigenvalue weighted by Crippen LogP contribution is -2.33. The molecule has 6 nitrogen and oxygen atoms in total. The van der Waals surface area contributed by atoms with E-state index in [9.17, 15) is 13.2 Å². The first-order valence-corrected chi connectivity index (χ1v) is 10.8. The van der Waals surface area contributed by atoms with E-state index in [1.165, 1.54) is 18.4 Å². The van der Waals surface area contributed by atoms with Crippen LogP contribution in [-0.2, 0) is 21.2 Å². The van der Waals surface area contributed by atoms with Crippen LogP contribution in [0.3, 0.4) is 0 Å². The van der Waals surface area contributed by atoms with Crippen molar-refractivity contribution < 1.29 is 17.9 Å². The van der Waals surface area contributed by atoms with Crippen molar-refractivity contribution in [2.24, 2.45) is 0 Å². The first-order chi connectivity index (χ1) is 13.9. The van der Waals surface area contributed by atoms with Gasteiger partial charge in [0, 0.05) is 31.7 Å². The first-order valence-electron chi connectivity index (χ1n) is 9.34. The van der Waals surface area contributed by atoms with Crippen molar-refractivity contribution in [2.45, 2.75) is 11.3 Å². The Morgan fingerprint density at radius 3 is 2.62 bits per heavy atom. The summed E-state index contributed by atoms with van der Waals surface area (Å²) in [6.07, 6.45) is 0.617. The van der Waals surface area contributed by atoms with E-state index < -0.39 is 10.0 Å². The molecular formula is C22H22N2O4S. The molecule has 0 spiro atoms. The number of benzene rings is 3. The minimum absolute atomic E-state index is 0.0782. The van der Waals surface area contributed by atoms with Crippen LogP contribution in [0.2, 0.25) is 0 Å².